The molecule has 6 rings (SSSR count). The zero-order valence-electron chi connectivity index (χ0n) is 23.8. The van der Waals surface area contributed by atoms with Crippen molar-refractivity contribution in [2.45, 2.75) is 56.6 Å². The number of rotatable bonds is 10. The molecule has 1 aromatic carbocycles. The zero-order valence-corrected chi connectivity index (χ0v) is 24.7. The van der Waals surface area contributed by atoms with Gasteiger partial charge in [-0.05, 0) is 32.2 Å². The molecule has 4 unspecified atom stereocenters. The van der Waals surface area contributed by atoms with Gasteiger partial charge in [0.15, 0.2) is 29.5 Å². The van der Waals surface area contributed by atoms with E-state index in [-0.39, 0.29) is 30.9 Å². The highest BCUT2D eigenvalue weighted by molar-refractivity contribution is 7.51. The van der Waals surface area contributed by atoms with E-state index in [0.29, 0.717) is 30.7 Å². The summed E-state index contributed by atoms with van der Waals surface area (Å²) in [6.07, 6.45) is -0.579. The largest absolute Gasteiger partial charge is 0.778 e. The number of carbonyl (C=O) groups is 2. The Hall–Kier alpha value is -3.50. The minimum Gasteiger partial charge on any atom is -0.778 e. The number of aromatic nitrogens is 4. The number of nitrogens with zero attached hydrogens (tertiary/aromatic N) is 4. The summed E-state index contributed by atoms with van der Waals surface area (Å²) in [4.78, 5) is 49.4. The predicted octanol–water partition coefficient (Wildman–Crippen LogP) is 1.37. The van der Waals surface area contributed by atoms with Gasteiger partial charge in [-0.15, -0.1) is 0 Å². The number of imidazole rings is 1. The summed E-state index contributed by atoms with van der Waals surface area (Å²) in [5.41, 5.74) is 1.46. The molecule has 3 aliphatic rings. The van der Waals surface area contributed by atoms with Crippen molar-refractivity contribution in [3.05, 3.63) is 48.5 Å². The molecule has 3 aromatic rings. The van der Waals surface area contributed by atoms with Crippen LogP contribution < -0.4 is 20.8 Å². The minimum atomic E-state index is -4.36. The van der Waals surface area contributed by atoms with Crippen molar-refractivity contribution in [3.63, 3.8) is 0 Å². The molecule has 0 spiro atoms. The number of fused-ring (bicyclic) bond motifs is 2. The smallest absolute Gasteiger partial charge is 0.320 e. The third-order valence-electron chi connectivity index (χ3n) is 7.85. The van der Waals surface area contributed by atoms with Gasteiger partial charge in [0, 0.05) is 18.3 Å². The van der Waals surface area contributed by atoms with E-state index in [0.717, 1.165) is 5.56 Å². The number of hydrogen-bond donors (Lipinski definition) is 4. The van der Waals surface area contributed by atoms with Crippen molar-refractivity contribution >= 4 is 36.6 Å². The first kappa shape index (κ1) is 30.5. The SMILES string of the molecule is CCNC(=O)Nc1ncnc2c1ncn2[C@@H]1O[C@H](COP(=O)([O-])CC2CCNC(C(=O)O)C2)C2O[C@@H](c3ccccc3)O[C@@H]21. The highest BCUT2D eigenvalue weighted by atomic mass is 31.2. The molecule has 0 bridgehead atoms. The average Bonchev–Trinajstić information content (AvgIpc) is 3.71. The topological polar surface area (TPSA) is 211 Å². The van der Waals surface area contributed by atoms with Crippen LogP contribution in [-0.2, 0) is 28.1 Å². The van der Waals surface area contributed by atoms with E-state index >= 15 is 0 Å². The maximum absolute atomic E-state index is 13.0. The highest BCUT2D eigenvalue weighted by Gasteiger charge is 2.54. The van der Waals surface area contributed by atoms with Crippen molar-refractivity contribution in [1.29, 1.82) is 0 Å². The Morgan fingerprint density at radius 2 is 1.98 bits per heavy atom. The molecule has 4 N–H and O–H groups in total. The number of carbonyl (C=O) groups excluding carboxylic acids is 1. The summed E-state index contributed by atoms with van der Waals surface area (Å²) < 4.78 is 39.0. The standard InChI is InChI=1S/C27H34N7O9P/c1-2-28-27(37)33-22-19-23(31-13-30-22)34(14-32-19)24-21-20(42-26(43-21)16-6-4-3-5-7-16)18(41-24)11-40-44(38,39)12-15-8-9-29-17(10-15)25(35)36/h3-7,13-15,17-18,20-21,24,26,29H,2,8-12H2,1H3,(H,35,36)(H,38,39)(H2,28,30,31,33,37)/p-1/t15?,17?,18-,20?,21+,24-,26-/m1/s1. The van der Waals surface area contributed by atoms with Crippen LogP contribution in [0.1, 0.15) is 37.8 Å². The Morgan fingerprint density at radius 1 is 1.18 bits per heavy atom. The van der Waals surface area contributed by atoms with Gasteiger partial charge in [-0.1, -0.05) is 30.3 Å². The van der Waals surface area contributed by atoms with Crippen LogP contribution in [-0.4, -0.2) is 86.8 Å². The molecule has 44 heavy (non-hydrogen) atoms. The van der Waals surface area contributed by atoms with Gasteiger partial charge in [0.2, 0.25) is 0 Å². The Labute approximate surface area is 252 Å². The second kappa shape index (κ2) is 12.9. The molecular formula is C27H33N7O9P-. The third-order valence-corrected chi connectivity index (χ3v) is 9.35. The fraction of sp³-hybridized carbons (Fsp3) is 0.519. The number of amides is 2. The molecule has 3 fully saturated rings. The van der Waals surface area contributed by atoms with Crippen LogP contribution in [0.25, 0.3) is 11.2 Å². The number of anilines is 1. The normalized spacial score (nSPS) is 29.6. The first-order chi connectivity index (χ1) is 21.2. The number of ether oxygens (including phenoxy) is 3. The van der Waals surface area contributed by atoms with Crippen molar-refractivity contribution in [3.8, 4) is 0 Å². The summed E-state index contributed by atoms with van der Waals surface area (Å²) in [5.74, 6) is -1.16. The summed E-state index contributed by atoms with van der Waals surface area (Å²) in [6.45, 7) is 2.29. The van der Waals surface area contributed by atoms with Crippen LogP contribution in [0.15, 0.2) is 43.0 Å². The van der Waals surface area contributed by atoms with E-state index in [4.69, 9.17) is 18.7 Å². The lowest BCUT2D eigenvalue weighted by molar-refractivity contribution is -0.205. The Kier molecular flexibility index (Phi) is 8.91. The number of urea groups is 1. The fourth-order valence-electron chi connectivity index (χ4n) is 5.81. The van der Waals surface area contributed by atoms with E-state index in [9.17, 15) is 24.2 Å². The third kappa shape index (κ3) is 6.47. The van der Waals surface area contributed by atoms with Gasteiger partial charge < -0.3 is 43.9 Å². The second-order valence-corrected chi connectivity index (χ2v) is 12.7. The molecule has 8 atom stereocenters. The predicted molar refractivity (Wildman–Crippen MR) is 151 cm³/mol. The highest BCUT2D eigenvalue weighted by Crippen LogP contribution is 2.47. The average molecular weight is 631 g/mol. The minimum absolute atomic E-state index is 0.194. The molecule has 17 heteroatoms. The van der Waals surface area contributed by atoms with Crippen molar-refractivity contribution < 1.29 is 42.9 Å². The molecule has 16 nitrogen and oxygen atoms in total. The van der Waals surface area contributed by atoms with Crippen LogP contribution in [0.2, 0.25) is 0 Å². The number of piperidine rings is 1. The van der Waals surface area contributed by atoms with Crippen LogP contribution in [0.5, 0.6) is 0 Å². The van der Waals surface area contributed by atoms with Crippen molar-refractivity contribution in [2.24, 2.45) is 5.92 Å². The van der Waals surface area contributed by atoms with Gasteiger partial charge in [-0.3, -0.25) is 14.7 Å². The van der Waals surface area contributed by atoms with E-state index in [1.807, 2.05) is 30.3 Å². The number of hydrogen-bond acceptors (Lipinski definition) is 12. The lowest BCUT2D eigenvalue weighted by atomic mass is 9.94. The molecule has 0 aliphatic carbocycles. The van der Waals surface area contributed by atoms with Gasteiger partial charge in [-0.25, -0.2) is 19.7 Å². The first-order valence-corrected chi connectivity index (χ1v) is 16.1. The van der Waals surface area contributed by atoms with Gasteiger partial charge in [0.05, 0.1) is 12.9 Å². The summed E-state index contributed by atoms with van der Waals surface area (Å²) >= 11 is 0. The lowest BCUT2D eigenvalue weighted by Gasteiger charge is -2.33. The van der Waals surface area contributed by atoms with Gasteiger partial charge in [0.1, 0.15) is 38.3 Å². The van der Waals surface area contributed by atoms with Crippen molar-refractivity contribution in [1.82, 2.24) is 30.2 Å². The maximum atomic E-state index is 13.0. The van der Waals surface area contributed by atoms with Gasteiger partial charge in [-0.2, -0.15) is 0 Å². The molecule has 3 saturated heterocycles. The van der Waals surface area contributed by atoms with Crippen molar-refractivity contribution in [2.75, 3.05) is 31.2 Å². The van der Waals surface area contributed by atoms with E-state index < -0.39 is 56.5 Å². The Morgan fingerprint density at radius 3 is 2.75 bits per heavy atom. The van der Waals surface area contributed by atoms with E-state index in [1.165, 1.54) is 12.7 Å². The first-order valence-electron chi connectivity index (χ1n) is 14.4. The van der Waals surface area contributed by atoms with Gasteiger partial charge in [0.25, 0.3) is 0 Å². The molecule has 0 radical (unpaired) electrons. The van der Waals surface area contributed by atoms with E-state index in [1.54, 1.807) is 11.5 Å². The number of nitrogens with one attached hydrogen (secondary N) is 3. The summed E-state index contributed by atoms with van der Waals surface area (Å²) in [6, 6.07) is 8.08. The zero-order chi connectivity index (χ0) is 30.8. The Balaban J connectivity index is 1.21. The molecular weight excluding hydrogens is 597 g/mol. The molecule has 2 aromatic heterocycles. The molecule has 2 amide bonds. The molecule has 3 aliphatic heterocycles. The van der Waals surface area contributed by atoms with Crippen LogP contribution in [0.3, 0.4) is 0 Å². The molecule has 5 heterocycles. The molecule has 236 valence electrons. The number of carboxylic acid groups (broad SMARTS) is 1. The molecule has 0 saturated carbocycles. The van der Waals surface area contributed by atoms with Crippen LogP contribution in [0, 0.1) is 5.92 Å². The summed E-state index contributed by atoms with van der Waals surface area (Å²) in [5, 5.41) is 17.5. The second-order valence-electron chi connectivity index (χ2n) is 10.9. The number of aliphatic carboxylic acids is 1. The summed E-state index contributed by atoms with van der Waals surface area (Å²) in [7, 11) is -4.36. The fourth-order valence-corrected chi connectivity index (χ4v) is 7.25. The number of benzene rings is 1. The lowest BCUT2D eigenvalue weighted by Crippen LogP contribution is -2.44. The number of carboxylic acids is 1. The van der Waals surface area contributed by atoms with E-state index in [2.05, 4.69) is 30.9 Å². The monoisotopic (exact) mass is 630 g/mol. The maximum Gasteiger partial charge on any atom is 0.320 e. The van der Waals surface area contributed by atoms with Crippen LogP contribution in [0.4, 0.5) is 10.6 Å². The van der Waals surface area contributed by atoms with Crippen LogP contribution >= 0.6 is 7.60 Å². The van der Waals surface area contributed by atoms with Gasteiger partial charge >= 0.3 is 12.0 Å². The Bertz CT molecular complexity index is 1540. The quantitative estimate of drug-likeness (QED) is 0.234.